The highest BCUT2D eigenvalue weighted by Gasteiger charge is 2.38. The average Bonchev–Trinajstić information content (AvgIpc) is 3.21. The summed E-state index contributed by atoms with van der Waals surface area (Å²) < 4.78 is 0. The normalized spacial score (nSPS) is 29.4. The van der Waals surface area contributed by atoms with Crippen molar-refractivity contribution >= 4 is 29.7 Å². The van der Waals surface area contributed by atoms with Crippen LogP contribution in [0, 0.1) is 33.8 Å². The van der Waals surface area contributed by atoms with Crippen molar-refractivity contribution in [2.45, 2.75) is 20.3 Å². The molecule has 0 saturated carbocycles. The van der Waals surface area contributed by atoms with Gasteiger partial charge in [-0.1, -0.05) is 13.8 Å². The van der Waals surface area contributed by atoms with Gasteiger partial charge >= 0.3 is 0 Å². The maximum atomic E-state index is 12.9. The molecule has 0 radical (unpaired) electrons. The topological polar surface area (TPSA) is 78.7 Å². The van der Waals surface area contributed by atoms with Gasteiger partial charge in [-0.05, 0) is 42.2 Å². The number of benzene rings is 1. The summed E-state index contributed by atoms with van der Waals surface area (Å²) in [4.78, 5) is 28.3. The Labute approximate surface area is 172 Å². The molecule has 2 unspecified atom stereocenters. The van der Waals surface area contributed by atoms with Crippen molar-refractivity contribution in [1.29, 1.82) is 0 Å². The van der Waals surface area contributed by atoms with Gasteiger partial charge in [0.25, 0.3) is 11.6 Å². The van der Waals surface area contributed by atoms with Gasteiger partial charge in [0, 0.05) is 50.9 Å². The Bertz CT molecular complexity index is 737. The standard InChI is InChI=1S/C20H28N4O3.ClH/c1-13-5-14(2)10-22(9-13)18-4-3-15(6-19(18)24(26)27)20(25)23-11-16-7-21-8-17(16)12-23;/h3-4,6,13-14,16-17,21H,5,7-12H2,1-2H3;1H/t13?,14?,16-,17+;. The van der Waals surface area contributed by atoms with E-state index in [-0.39, 0.29) is 28.9 Å². The lowest BCUT2D eigenvalue weighted by molar-refractivity contribution is -0.384. The number of nitro benzene ring substituents is 1. The first-order chi connectivity index (χ1) is 12.9. The summed E-state index contributed by atoms with van der Waals surface area (Å²) in [6, 6.07) is 5.02. The molecule has 0 aromatic heterocycles. The maximum absolute atomic E-state index is 12.9. The van der Waals surface area contributed by atoms with Gasteiger partial charge in [0.15, 0.2) is 0 Å². The molecule has 0 aliphatic carbocycles. The summed E-state index contributed by atoms with van der Waals surface area (Å²) >= 11 is 0. The van der Waals surface area contributed by atoms with Crippen LogP contribution in [0.4, 0.5) is 11.4 Å². The largest absolute Gasteiger partial charge is 0.365 e. The number of nitrogens with one attached hydrogen (secondary N) is 1. The molecule has 154 valence electrons. The second kappa shape index (κ2) is 8.25. The molecular formula is C20H29ClN4O3. The number of nitrogens with zero attached hydrogens (tertiary/aromatic N) is 3. The quantitative estimate of drug-likeness (QED) is 0.614. The van der Waals surface area contributed by atoms with E-state index in [9.17, 15) is 14.9 Å². The third kappa shape index (κ3) is 3.96. The summed E-state index contributed by atoms with van der Waals surface area (Å²) in [6.07, 6.45) is 1.15. The van der Waals surface area contributed by atoms with Crippen molar-refractivity contribution < 1.29 is 9.72 Å². The van der Waals surface area contributed by atoms with Crippen molar-refractivity contribution in [3.8, 4) is 0 Å². The number of carbonyl (C=O) groups is 1. The molecule has 1 N–H and O–H groups in total. The number of nitro groups is 1. The molecule has 1 amide bonds. The Kier molecular flexibility index (Phi) is 6.15. The molecule has 3 aliphatic rings. The highest BCUT2D eigenvalue weighted by atomic mass is 35.5. The number of hydrogen-bond acceptors (Lipinski definition) is 5. The molecule has 1 aromatic carbocycles. The molecule has 3 aliphatic heterocycles. The van der Waals surface area contributed by atoms with E-state index in [1.54, 1.807) is 12.1 Å². The van der Waals surface area contributed by atoms with Gasteiger partial charge < -0.3 is 15.1 Å². The fourth-order valence-electron chi connectivity index (χ4n) is 5.13. The highest BCUT2D eigenvalue weighted by Crippen LogP contribution is 2.35. The molecule has 0 bridgehead atoms. The van der Waals surface area contributed by atoms with Crippen molar-refractivity contribution in [2.24, 2.45) is 23.7 Å². The first-order valence-corrected chi connectivity index (χ1v) is 9.95. The van der Waals surface area contributed by atoms with Crippen molar-refractivity contribution in [3.63, 3.8) is 0 Å². The second-order valence-corrected chi connectivity index (χ2v) is 8.70. The molecule has 7 nitrogen and oxygen atoms in total. The van der Waals surface area contributed by atoms with Gasteiger partial charge in [0.1, 0.15) is 5.69 Å². The number of halogens is 1. The molecular weight excluding hydrogens is 380 g/mol. The first kappa shape index (κ1) is 20.9. The van der Waals surface area contributed by atoms with Crippen LogP contribution < -0.4 is 10.2 Å². The Balaban J connectivity index is 0.00000225. The first-order valence-electron chi connectivity index (χ1n) is 9.95. The number of hydrogen-bond donors (Lipinski definition) is 1. The number of amides is 1. The fraction of sp³-hybridized carbons (Fsp3) is 0.650. The summed E-state index contributed by atoms with van der Waals surface area (Å²) in [5, 5.41) is 15.1. The minimum Gasteiger partial charge on any atom is -0.365 e. The van der Waals surface area contributed by atoms with E-state index in [1.807, 2.05) is 4.90 Å². The molecule has 8 heteroatoms. The Morgan fingerprint density at radius 1 is 1.11 bits per heavy atom. The van der Waals surface area contributed by atoms with E-state index in [0.717, 1.165) is 45.7 Å². The summed E-state index contributed by atoms with van der Waals surface area (Å²) in [5.41, 5.74) is 1.11. The van der Waals surface area contributed by atoms with E-state index in [2.05, 4.69) is 24.1 Å². The number of anilines is 1. The van der Waals surface area contributed by atoms with Crippen LogP contribution in [0.25, 0.3) is 0 Å². The molecule has 3 fully saturated rings. The molecule has 4 atom stereocenters. The number of rotatable bonds is 3. The van der Waals surface area contributed by atoms with E-state index in [4.69, 9.17) is 0 Å². The van der Waals surface area contributed by atoms with Gasteiger partial charge in [-0.25, -0.2) is 0 Å². The van der Waals surface area contributed by atoms with Gasteiger partial charge in [0.2, 0.25) is 0 Å². The van der Waals surface area contributed by atoms with Gasteiger partial charge in [-0.15, -0.1) is 12.4 Å². The number of carbonyl (C=O) groups excluding carboxylic acids is 1. The molecule has 3 saturated heterocycles. The minimum absolute atomic E-state index is 0. The molecule has 3 heterocycles. The van der Waals surface area contributed by atoms with Crippen LogP contribution in [0.3, 0.4) is 0 Å². The number of piperidine rings is 1. The highest BCUT2D eigenvalue weighted by molar-refractivity contribution is 5.96. The zero-order chi connectivity index (χ0) is 19.1. The van der Waals surface area contributed by atoms with Crippen LogP contribution in [0.1, 0.15) is 30.6 Å². The van der Waals surface area contributed by atoms with Crippen LogP contribution in [0.5, 0.6) is 0 Å². The lowest BCUT2D eigenvalue weighted by Gasteiger charge is -2.36. The van der Waals surface area contributed by atoms with E-state index in [1.165, 1.54) is 6.07 Å². The third-order valence-electron chi connectivity index (χ3n) is 6.31. The zero-order valence-electron chi connectivity index (χ0n) is 16.5. The number of fused-ring (bicyclic) bond motifs is 1. The van der Waals surface area contributed by atoms with Gasteiger partial charge in [-0.2, -0.15) is 0 Å². The maximum Gasteiger partial charge on any atom is 0.293 e. The molecule has 0 spiro atoms. The SMILES string of the molecule is CC1CC(C)CN(c2ccc(C(=O)N3C[C@H]4CNC[C@H]4C3)cc2[N+](=O)[O-])C1.Cl. The second-order valence-electron chi connectivity index (χ2n) is 8.70. The average molecular weight is 409 g/mol. The van der Waals surface area contributed by atoms with Crippen LogP contribution in [0.2, 0.25) is 0 Å². The number of likely N-dealkylation sites (tertiary alicyclic amines) is 1. The minimum atomic E-state index is -0.349. The Hall–Kier alpha value is -1.86. The summed E-state index contributed by atoms with van der Waals surface area (Å²) in [6.45, 7) is 9.41. The van der Waals surface area contributed by atoms with Crippen LogP contribution in [-0.4, -0.2) is 55.0 Å². The third-order valence-corrected chi connectivity index (χ3v) is 6.31. The molecule has 28 heavy (non-hydrogen) atoms. The predicted molar refractivity (Wildman–Crippen MR) is 111 cm³/mol. The van der Waals surface area contributed by atoms with Crippen LogP contribution in [0.15, 0.2) is 18.2 Å². The predicted octanol–water partition coefficient (Wildman–Crippen LogP) is 2.79. The van der Waals surface area contributed by atoms with E-state index < -0.39 is 0 Å². The smallest absolute Gasteiger partial charge is 0.293 e. The summed E-state index contributed by atoms with van der Waals surface area (Å²) in [5.74, 6) is 1.96. The van der Waals surface area contributed by atoms with Crippen LogP contribution >= 0.6 is 12.4 Å². The van der Waals surface area contributed by atoms with Crippen molar-refractivity contribution in [3.05, 3.63) is 33.9 Å². The van der Waals surface area contributed by atoms with Gasteiger partial charge in [0.05, 0.1) is 4.92 Å². The zero-order valence-corrected chi connectivity index (χ0v) is 17.3. The van der Waals surface area contributed by atoms with E-state index >= 15 is 0 Å². The van der Waals surface area contributed by atoms with Gasteiger partial charge in [-0.3, -0.25) is 14.9 Å². The lowest BCUT2D eigenvalue weighted by Crippen LogP contribution is -2.39. The fourth-order valence-corrected chi connectivity index (χ4v) is 5.13. The Morgan fingerprint density at radius 3 is 2.29 bits per heavy atom. The molecule has 1 aromatic rings. The van der Waals surface area contributed by atoms with Crippen molar-refractivity contribution in [2.75, 3.05) is 44.2 Å². The van der Waals surface area contributed by atoms with Crippen molar-refractivity contribution in [1.82, 2.24) is 10.2 Å². The monoisotopic (exact) mass is 408 g/mol. The van der Waals surface area contributed by atoms with Crippen LogP contribution in [-0.2, 0) is 0 Å². The summed E-state index contributed by atoms with van der Waals surface area (Å²) in [7, 11) is 0. The lowest BCUT2D eigenvalue weighted by atomic mass is 9.91. The molecule has 4 rings (SSSR count). The Morgan fingerprint density at radius 2 is 1.71 bits per heavy atom. The van der Waals surface area contributed by atoms with E-state index in [0.29, 0.717) is 34.9 Å².